The van der Waals surface area contributed by atoms with Gasteiger partial charge in [0, 0.05) is 19.6 Å². The van der Waals surface area contributed by atoms with Gasteiger partial charge in [-0.3, -0.25) is 9.59 Å². The Kier molecular flexibility index (Phi) is 3.96. The van der Waals surface area contributed by atoms with Gasteiger partial charge in [0.2, 0.25) is 11.8 Å². The number of ether oxygens (including phenoxy) is 1. The quantitative estimate of drug-likeness (QED) is 0.658. The third-order valence-corrected chi connectivity index (χ3v) is 3.36. The van der Waals surface area contributed by atoms with Crippen molar-refractivity contribution in [2.45, 2.75) is 18.9 Å². The first-order valence-electron chi connectivity index (χ1n) is 6.10. The molecule has 2 aliphatic heterocycles. The molecule has 0 radical (unpaired) electrons. The van der Waals surface area contributed by atoms with Crippen LogP contribution in [0.4, 0.5) is 0 Å². The largest absolute Gasteiger partial charge is 0.378 e. The van der Waals surface area contributed by atoms with Crippen molar-refractivity contribution in [3.05, 3.63) is 0 Å². The molecule has 17 heavy (non-hydrogen) atoms. The van der Waals surface area contributed by atoms with E-state index < -0.39 is 0 Å². The van der Waals surface area contributed by atoms with Crippen LogP contribution in [0.1, 0.15) is 12.8 Å². The molecule has 2 N–H and O–H groups in total. The summed E-state index contributed by atoms with van der Waals surface area (Å²) in [6.45, 7) is 3.05. The molecule has 2 heterocycles. The Labute approximate surface area is 101 Å². The molecule has 2 aliphatic rings. The lowest BCUT2D eigenvalue weighted by molar-refractivity contribution is -0.145. The third kappa shape index (κ3) is 2.58. The minimum Gasteiger partial charge on any atom is -0.378 e. The Hall–Kier alpha value is -1.14. The minimum absolute atomic E-state index is 0.0209. The summed E-state index contributed by atoms with van der Waals surface area (Å²) < 4.78 is 5.21. The minimum atomic E-state index is -0.302. The molecule has 0 aromatic heterocycles. The summed E-state index contributed by atoms with van der Waals surface area (Å²) in [5.41, 5.74) is 5.36. The number of rotatable bonds is 2. The number of amides is 2. The van der Waals surface area contributed by atoms with Gasteiger partial charge < -0.3 is 20.3 Å². The lowest BCUT2D eigenvalue weighted by Gasteiger charge is -2.32. The van der Waals surface area contributed by atoms with Crippen molar-refractivity contribution in [2.24, 2.45) is 5.73 Å². The molecule has 0 unspecified atom stereocenters. The normalized spacial score (nSPS) is 25.1. The van der Waals surface area contributed by atoms with Crippen LogP contribution in [0.2, 0.25) is 0 Å². The van der Waals surface area contributed by atoms with Gasteiger partial charge in [0.15, 0.2) is 0 Å². The molecule has 2 fully saturated rings. The maximum atomic E-state index is 12.3. The molecule has 6 nitrogen and oxygen atoms in total. The molecule has 0 saturated carbocycles. The second-order valence-electron chi connectivity index (χ2n) is 4.39. The summed E-state index contributed by atoms with van der Waals surface area (Å²) in [5, 5.41) is 0. The fourth-order valence-corrected chi connectivity index (χ4v) is 2.43. The Morgan fingerprint density at radius 2 is 1.94 bits per heavy atom. The van der Waals surface area contributed by atoms with Crippen LogP contribution in [0.3, 0.4) is 0 Å². The summed E-state index contributed by atoms with van der Waals surface area (Å²) >= 11 is 0. The van der Waals surface area contributed by atoms with Crippen molar-refractivity contribution in [3.63, 3.8) is 0 Å². The van der Waals surface area contributed by atoms with Crippen molar-refractivity contribution in [2.75, 3.05) is 39.4 Å². The molecule has 2 saturated heterocycles. The predicted molar refractivity (Wildman–Crippen MR) is 61.2 cm³/mol. The van der Waals surface area contributed by atoms with Gasteiger partial charge in [0.1, 0.15) is 6.04 Å². The Balaban J connectivity index is 1.99. The number of nitrogens with zero attached hydrogens (tertiary/aromatic N) is 2. The van der Waals surface area contributed by atoms with Gasteiger partial charge >= 0.3 is 0 Å². The van der Waals surface area contributed by atoms with E-state index in [0.29, 0.717) is 32.8 Å². The smallest absolute Gasteiger partial charge is 0.245 e. The second kappa shape index (κ2) is 5.46. The lowest BCUT2D eigenvalue weighted by atomic mass is 10.2. The van der Waals surface area contributed by atoms with Gasteiger partial charge in [0.25, 0.3) is 0 Å². The van der Waals surface area contributed by atoms with E-state index in [1.807, 2.05) is 0 Å². The summed E-state index contributed by atoms with van der Waals surface area (Å²) in [6.07, 6.45) is 1.63. The van der Waals surface area contributed by atoms with E-state index in [1.54, 1.807) is 9.80 Å². The monoisotopic (exact) mass is 241 g/mol. The molecule has 2 rings (SSSR count). The van der Waals surface area contributed by atoms with E-state index in [4.69, 9.17) is 10.5 Å². The van der Waals surface area contributed by atoms with Crippen LogP contribution in [0, 0.1) is 0 Å². The highest BCUT2D eigenvalue weighted by Crippen LogP contribution is 2.19. The van der Waals surface area contributed by atoms with Crippen LogP contribution in [0.5, 0.6) is 0 Å². The van der Waals surface area contributed by atoms with Crippen LogP contribution in [0.25, 0.3) is 0 Å². The predicted octanol–water partition coefficient (Wildman–Crippen LogP) is -1.21. The standard InChI is InChI=1S/C11H19N3O3/c12-8-10(15)14-3-1-2-9(14)11(16)13-4-6-17-7-5-13/h9H,1-8,12H2/t9-/m0/s1. The van der Waals surface area contributed by atoms with E-state index >= 15 is 0 Å². The highest BCUT2D eigenvalue weighted by molar-refractivity contribution is 5.89. The number of carbonyl (C=O) groups is 2. The first-order valence-corrected chi connectivity index (χ1v) is 6.10. The summed E-state index contributed by atoms with van der Waals surface area (Å²) in [7, 11) is 0. The van der Waals surface area contributed by atoms with Gasteiger partial charge in [-0.05, 0) is 12.8 Å². The lowest BCUT2D eigenvalue weighted by Crippen LogP contribution is -2.52. The van der Waals surface area contributed by atoms with Gasteiger partial charge in [-0.15, -0.1) is 0 Å². The Morgan fingerprint density at radius 3 is 2.59 bits per heavy atom. The van der Waals surface area contributed by atoms with Crippen LogP contribution in [-0.2, 0) is 14.3 Å². The summed E-state index contributed by atoms with van der Waals surface area (Å²) in [6, 6.07) is -0.302. The van der Waals surface area contributed by atoms with E-state index in [0.717, 1.165) is 12.8 Å². The van der Waals surface area contributed by atoms with E-state index in [1.165, 1.54) is 0 Å². The van der Waals surface area contributed by atoms with Crippen LogP contribution < -0.4 is 5.73 Å². The second-order valence-corrected chi connectivity index (χ2v) is 4.39. The van der Waals surface area contributed by atoms with E-state index in [2.05, 4.69) is 0 Å². The van der Waals surface area contributed by atoms with Crippen molar-refractivity contribution in [1.29, 1.82) is 0 Å². The SMILES string of the molecule is NCC(=O)N1CCC[C@H]1C(=O)N1CCOCC1. The summed E-state index contributed by atoms with van der Waals surface area (Å²) in [4.78, 5) is 27.3. The van der Waals surface area contributed by atoms with Gasteiger partial charge in [0.05, 0.1) is 19.8 Å². The molecule has 2 amide bonds. The van der Waals surface area contributed by atoms with Crippen LogP contribution in [-0.4, -0.2) is 67.0 Å². The maximum Gasteiger partial charge on any atom is 0.245 e. The molecule has 96 valence electrons. The fourth-order valence-electron chi connectivity index (χ4n) is 2.43. The van der Waals surface area contributed by atoms with Gasteiger partial charge in [-0.1, -0.05) is 0 Å². The fraction of sp³-hybridized carbons (Fsp3) is 0.818. The van der Waals surface area contributed by atoms with Gasteiger partial charge in [-0.2, -0.15) is 0 Å². The van der Waals surface area contributed by atoms with E-state index in [9.17, 15) is 9.59 Å². The topological polar surface area (TPSA) is 75.9 Å². The zero-order valence-corrected chi connectivity index (χ0v) is 9.93. The van der Waals surface area contributed by atoms with Crippen molar-refractivity contribution in [3.8, 4) is 0 Å². The molecular formula is C11H19N3O3. The molecule has 0 aromatic carbocycles. The molecule has 0 bridgehead atoms. The van der Waals surface area contributed by atoms with Crippen molar-refractivity contribution >= 4 is 11.8 Å². The molecule has 0 spiro atoms. The molecule has 1 atom stereocenters. The zero-order valence-electron chi connectivity index (χ0n) is 9.93. The first-order chi connectivity index (χ1) is 8.24. The molecule has 0 aliphatic carbocycles. The molecule has 6 heteroatoms. The highest BCUT2D eigenvalue weighted by atomic mass is 16.5. The van der Waals surface area contributed by atoms with Crippen LogP contribution >= 0.6 is 0 Å². The summed E-state index contributed by atoms with van der Waals surface area (Å²) in [5.74, 6) is -0.0818. The van der Waals surface area contributed by atoms with Gasteiger partial charge in [-0.25, -0.2) is 0 Å². The average Bonchev–Trinajstić information content (AvgIpc) is 2.87. The molecular weight excluding hydrogens is 222 g/mol. The third-order valence-electron chi connectivity index (χ3n) is 3.36. The number of nitrogens with two attached hydrogens (primary N) is 1. The molecule has 0 aromatic rings. The van der Waals surface area contributed by atoms with Crippen molar-refractivity contribution in [1.82, 2.24) is 9.80 Å². The van der Waals surface area contributed by atoms with Crippen molar-refractivity contribution < 1.29 is 14.3 Å². The number of hydrogen-bond acceptors (Lipinski definition) is 4. The zero-order chi connectivity index (χ0) is 12.3. The number of morpholine rings is 1. The maximum absolute atomic E-state index is 12.3. The number of hydrogen-bond donors (Lipinski definition) is 1. The Bertz CT molecular complexity index is 302. The van der Waals surface area contributed by atoms with E-state index in [-0.39, 0.29) is 24.4 Å². The number of likely N-dealkylation sites (tertiary alicyclic amines) is 1. The van der Waals surface area contributed by atoms with Crippen LogP contribution in [0.15, 0.2) is 0 Å². The first kappa shape index (κ1) is 12.3. The highest BCUT2D eigenvalue weighted by Gasteiger charge is 2.36. The number of carbonyl (C=O) groups excluding carboxylic acids is 2. The Morgan fingerprint density at radius 1 is 1.24 bits per heavy atom. The average molecular weight is 241 g/mol.